The first-order valence-electron chi connectivity index (χ1n) is 9.05. The third kappa shape index (κ3) is 4.36. The zero-order chi connectivity index (χ0) is 20.2. The van der Waals surface area contributed by atoms with Crippen molar-refractivity contribution in [3.63, 3.8) is 0 Å². The number of anilines is 1. The molecule has 1 aliphatic rings. The lowest BCUT2D eigenvalue weighted by Crippen LogP contribution is -2.29. The Bertz CT molecular complexity index is 998. The molecular formula is C19H19ClN4O5. The monoisotopic (exact) mass is 418 g/mol. The van der Waals surface area contributed by atoms with Crippen molar-refractivity contribution in [2.45, 2.75) is 12.6 Å². The molecule has 9 nitrogen and oxygen atoms in total. The first kappa shape index (κ1) is 19.3. The average Bonchev–Trinajstić information content (AvgIpc) is 3.35. The number of hydrogen-bond donors (Lipinski definition) is 2. The summed E-state index contributed by atoms with van der Waals surface area (Å²) in [5.74, 6) is 1.25. The fourth-order valence-electron chi connectivity index (χ4n) is 3.06. The number of furan rings is 1. The predicted molar refractivity (Wildman–Crippen MR) is 105 cm³/mol. The largest absolute Gasteiger partial charge is 0.487 e. The summed E-state index contributed by atoms with van der Waals surface area (Å²) >= 11 is 6.20. The molecule has 2 N–H and O–H groups in total. The molecule has 1 amide bonds. The van der Waals surface area contributed by atoms with Gasteiger partial charge in [-0.2, -0.15) is 0 Å². The highest BCUT2D eigenvalue weighted by Gasteiger charge is 2.31. The first-order valence-corrected chi connectivity index (χ1v) is 9.42. The third-order valence-corrected chi connectivity index (χ3v) is 4.60. The fourth-order valence-corrected chi connectivity index (χ4v) is 3.26. The number of pyridine rings is 2. The van der Waals surface area contributed by atoms with Crippen molar-refractivity contribution in [3.05, 3.63) is 47.6 Å². The van der Waals surface area contributed by atoms with Crippen LogP contribution in [0.3, 0.4) is 0 Å². The lowest BCUT2D eigenvalue weighted by molar-refractivity contribution is 0.102. The summed E-state index contributed by atoms with van der Waals surface area (Å²) in [6.07, 6.45) is 2.33. The van der Waals surface area contributed by atoms with Crippen molar-refractivity contribution in [1.29, 1.82) is 0 Å². The third-order valence-electron chi connectivity index (χ3n) is 4.40. The maximum absolute atomic E-state index is 11.7. The molecule has 0 aliphatic carbocycles. The second-order valence-corrected chi connectivity index (χ2v) is 6.81. The van der Waals surface area contributed by atoms with Gasteiger partial charge in [0.25, 0.3) is 0 Å². The molecule has 4 heterocycles. The molecule has 0 saturated carbocycles. The molecule has 0 spiro atoms. The van der Waals surface area contributed by atoms with Crippen molar-refractivity contribution in [2.75, 3.05) is 31.6 Å². The molecule has 1 aliphatic heterocycles. The highest BCUT2D eigenvalue weighted by atomic mass is 35.5. The number of carbonyl (C=O) groups excluding carboxylic acids is 1. The zero-order valence-corrected chi connectivity index (χ0v) is 16.1. The standard InChI is InChI=1S/C19H19ClN4O5/c20-16-8-14(22-9-12-2-1-7-27-12)17-18(23-16)15(3-4-21-17)28-11-13-10-24(5-6-25)19(26)29-13/h1-4,7-8,13,25H,5-6,9-11H2,(H,22,23). The number of amides is 1. The van der Waals surface area contributed by atoms with Crippen LogP contribution in [0.1, 0.15) is 5.76 Å². The van der Waals surface area contributed by atoms with E-state index < -0.39 is 12.2 Å². The number of halogens is 1. The van der Waals surface area contributed by atoms with Gasteiger partial charge in [0.2, 0.25) is 0 Å². The van der Waals surface area contributed by atoms with Crippen molar-refractivity contribution < 1.29 is 23.8 Å². The van der Waals surface area contributed by atoms with Gasteiger partial charge < -0.3 is 29.2 Å². The number of β-amino-alcohol motifs (C(OH)–C–C–N with tert-alkyl or cyclic N) is 1. The molecule has 1 saturated heterocycles. The predicted octanol–water partition coefficient (Wildman–Crippen LogP) is 2.68. The van der Waals surface area contributed by atoms with Crippen LogP contribution in [-0.4, -0.2) is 58.5 Å². The highest BCUT2D eigenvalue weighted by Crippen LogP contribution is 2.30. The van der Waals surface area contributed by atoms with Crippen molar-refractivity contribution in [2.24, 2.45) is 0 Å². The summed E-state index contributed by atoms with van der Waals surface area (Å²) in [7, 11) is 0. The van der Waals surface area contributed by atoms with Crippen LogP contribution in [0.5, 0.6) is 5.75 Å². The van der Waals surface area contributed by atoms with E-state index in [-0.39, 0.29) is 19.8 Å². The van der Waals surface area contributed by atoms with Crippen molar-refractivity contribution in [1.82, 2.24) is 14.9 Å². The molecule has 3 aromatic rings. The number of carbonyl (C=O) groups is 1. The van der Waals surface area contributed by atoms with Gasteiger partial charge in [-0.05, 0) is 12.1 Å². The van der Waals surface area contributed by atoms with Crippen LogP contribution < -0.4 is 10.1 Å². The number of ether oxygens (including phenoxy) is 2. The molecule has 152 valence electrons. The summed E-state index contributed by atoms with van der Waals surface area (Å²) in [5.41, 5.74) is 1.80. The van der Waals surface area contributed by atoms with E-state index in [9.17, 15) is 4.79 Å². The van der Waals surface area contributed by atoms with Gasteiger partial charge in [0.1, 0.15) is 34.3 Å². The Hall–Kier alpha value is -3.04. The Labute approximate surface area is 171 Å². The second-order valence-electron chi connectivity index (χ2n) is 6.42. The lowest BCUT2D eigenvalue weighted by Gasteiger charge is -2.14. The summed E-state index contributed by atoms with van der Waals surface area (Å²) in [6, 6.07) is 7.05. The molecular weight excluding hydrogens is 400 g/mol. The van der Waals surface area contributed by atoms with Gasteiger partial charge in [-0.25, -0.2) is 9.78 Å². The Morgan fingerprint density at radius 3 is 3.07 bits per heavy atom. The average molecular weight is 419 g/mol. The van der Waals surface area contributed by atoms with Crippen LogP contribution in [-0.2, 0) is 11.3 Å². The molecule has 0 radical (unpaired) electrons. The van der Waals surface area contributed by atoms with E-state index in [1.54, 1.807) is 24.6 Å². The maximum atomic E-state index is 11.7. The molecule has 1 unspecified atom stereocenters. The molecule has 29 heavy (non-hydrogen) atoms. The van der Waals surface area contributed by atoms with E-state index in [4.69, 9.17) is 30.6 Å². The Kier molecular flexibility index (Phi) is 5.68. The summed E-state index contributed by atoms with van der Waals surface area (Å²) in [5, 5.41) is 12.5. The smallest absolute Gasteiger partial charge is 0.410 e. The molecule has 4 rings (SSSR count). The maximum Gasteiger partial charge on any atom is 0.410 e. The number of hydrogen-bond acceptors (Lipinski definition) is 8. The number of aliphatic hydroxyl groups is 1. The summed E-state index contributed by atoms with van der Waals surface area (Å²) in [6.45, 7) is 1.08. The van der Waals surface area contributed by atoms with Gasteiger partial charge in [-0.15, -0.1) is 0 Å². The molecule has 3 aromatic heterocycles. The van der Waals surface area contributed by atoms with E-state index >= 15 is 0 Å². The first-order chi connectivity index (χ1) is 14.1. The lowest BCUT2D eigenvalue weighted by atomic mass is 10.2. The molecule has 1 atom stereocenters. The van der Waals surface area contributed by atoms with Crippen LogP contribution in [0.15, 0.2) is 41.1 Å². The van der Waals surface area contributed by atoms with E-state index in [0.29, 0.717) is 40.7 Å². The van der Waals surface area contributed by atoms with Gasteiger partial charge in [-0.3, -0.25) is 4.98 Å². The normalized spacial score (nSPS) is 16.3. The SMILES string of the molecule is O=C1OC(COc2ccnc3c(NCc4ccco4)cc(Cl)nc23)CN1CCO. The van der Waals surface area contributed by atoms with Crippen molar-refractivity contribution >= 4 is 34.4 Å². The summed E-state index contributed by atoms with van der Waals surface area (Å²) in [4.78, 5) is 21.9. The van der Waals surface area contributed by atoms with Gasteiger partial charge in [0, 0.05) is 24.9 Å². The Balaban J connectivity index is 1.50. The van der Waals surface area contributed by atoms with Crippen LogP contribution in [0, 0.1) is 0 Å². The van der Waals surface area contributed by atoms with Crippen LogP contribution in [0.25, 0.3) is 11.0 Å². The Morgan fingerprint density at radius 2 is 2.28 bits per heavy atom. The van der Waals surface area contributed by atoms with Crippen molar-refractivity contribution in [3.8, 4) is 5.75 Å². The molecule has 10 heteroatoms. The van der Waals surface area contributed by atoms with Gasteiger partial charge >= 0.3 is 6.09 Å². The number of cyclic esters (lactones) is 1. The minimum absolute atomic E-state index is 0.117. The van der Waals surface area contributed by atoms with Crippen LogP contribution in [0.2, 0.25) is 5.15 Å². The topological polar surface area (TPSA) is 110 Å². The zero-order valence-electron chi connectivity index (χ0n) is 15.4. The quantitative estimate of drug-likeness (QED) is 0.537. The fraction of sp³-hybridized carbons (Fsp3) is 0.316. The van der Waals surface area contributed by atoms with E-state index in [2.05, 4.69) is 15.3 Å². The minimum Gasteiger partial charge on any atom is -0.487 e. The minimum atomic E-state index is -0.460. The second kappa shape index (κ2) is 8.54. The van der Waals surface area contributed by atoms with E-state index in [1.165, 1.54) is 4.90 Å². The number of aliphatic hydroxyl groups excluding tert-OH is 1. The summed E-state index contributed by atoms with van der Waals surface area (Å²) < 4.78 is 16.5. The van der Waals surface area contributed by atoms with Gasteiger partial charge in [0.05, 0.1) is 31.6 Å². The van der Waals surface area contributed by atoms with E-state index in [0.717, 1.165) is 5.76 Å². The number of rotatable bonds is 8. The van der Waals surface area contributed by atoms with Gasteiger partial charge in [0.15, 0.2) is 6.10 Å². The molecule has 0 aromatic carbocycles. The van der Waals surface area contributed by atoms with Crippen LogP contribution in [0.4, 0.5) is 10.5 Å². The number of fused-ring (bicyclic) bond motifs is 1. The number of aromatic nitrogens is 2. The Morgan fingerprint density at radius 1 is 1.38 bits per heavy atom. The highest BCUT2D eigenvalue weighted by molar-refractivity contribution is 6.30. The molecule has 1 fully saturated rings. The number of nitrogens with zero attached hydrogens (tertiary/aromatic N) is 3. The van der Waals surface area contributed by atoms with Gasteiger partial charge in [-0.1, -0.05) is 11.6 Å². The number of nitrogens with one attached hydrogen (secondary N) is 1. The van der Waals surface area contributed by atoms with E-state index in [1.807, 2.05) is 12.1 Å². The molecule has 0 bridgehead atoms. The van der Waals surface area contributed by atoms with Crippen LogP contribution >= 0.6 is 11.6 Å².